The molecule has 0 aliphatic rings. The van der Waals surface area contributed by atoms with E-state index >= 15 is 0 Å². The van der Waals surface area contributed by atoms with E-state index in [1.165, 1.54) is 21.3 Å². The molecule has 7 heteroatoms. The van der Waals surface area contributed by atoms with Crippen LogP contribution in [0.2, 0.25) is 0 Å². The summed E-state index contributed by atoms with van der Waals surface area (Å²) in [5, 5.41) is 6.84. The van der Waals surface area contributed by atoms with Crippen molar-refractivity contribution in [1.29, 1.82) is 0 Å². The fourth-order valence-electron chi connectivity index (χ4n) is 2.36. The molecule has 1 heterocycles. The third kappa shape index (κ3) is 3.80. The second-order valence-electron chi connectivity index (χ2n) is 4.87. The highest BCUT2D eigenvalue weighted by Crippen LogP contribution is 2.39. The van der Waals surface area contributed by atoms with E-state index in [2.05, 4.69) is 5.32 Å². The fourth-order valence-corrected chi connectivity index (χ4v) is 3.06. The van der Waals surface area contributed by atoms with E-state index in [0.717, 1.165) is 5.56 Å². The molecule has 0 spiro atoms. The van der Waals surface area contributed by atoms with Crippen LogP contribution in [0.25, 0.3) is 0 Å². The molecule has 130 valence electrons. The lowest BCUT2D eigenvalue weighted by Crippen LogP contribution is -2.29. The number of hydrogen-bond donors (Lipinski definition) is 1. The van der Waals surface area contributed by atoms with Crippen molar-refractivity contribution in [2.45, 2.75) is 6.10 Å². The Hall–Kier alpha value is -2.25. The first-order chi connectivity index (χ1) is 11.7. The molecule has 0 saturated heterocycles. The van der Waals surface area contributed by atoms with Gasteiger partial charge in [-0.05, 0) is 34.5 Å². The molecule has 0 radical (unpaired) electrons. The van der Waals surface area contributed by atoms with Gasteiger partial charge in [0.1, 0.15) is 6.10 Å². The third-order valence-corrected chi connectivity index (χ3v) is 4.30. The highest BCUT2D eigenvalue weighted by molar-refractivity contribution is 7.07. The summed E-state index contributed by atoms with van der Waals surface area (Å²) in [5.74, 6) is 0.941. The predicted octanol–water partition coefficient (Wildman–Crippen LogP) is 2.89. The van der Waals surface area contributed by atoms with E-state index in [9.17, 15) is 4.79 Å². The quantitative estimate of drug-likeness (QED) is 0.792. The number of benzene rings is 1. The zero-order chi connectivity index (χ0) is 17.5. The normalized spacial score (nSPS) is 11.7. The Bertz CT molecular complexity index is 672. The lowest BCUT2D eigenvalue weighted by Gasteiger charge is -2.17. The molecule has 1 N–H and O–H groups in total. The van der Waals surface area contributed by atoms with Gasteiger partial charge in [-0.1, -0.05) is 0 Å². The number of thiophene rings is 1. The number of methoxy groups -OCH3 is 4. The molecule has 1 aromatic carbocycles. The highest BCUT2D eigenvalue weighted by atomic mass is 32.1. The first-order valence-corrected chi connectivity index (χ1v) is 8.22. The molecule has 2 aromatic rings. The predicted molar refractivity (Wildman–Crippen MR) is 92.5 cm³/mol. The largest absolute Gasteiger partial charge is 0.493 e. The minimum atomic E-state index is -0.273. The van der Waals surface area contributed by atoms with Gasteiger partial charge in [0.15, 0.2) is 11.5 Å². The minimum Gasteiger partial charge on any atom is -0.493 e. The molecule has 0 bridgehead atoms. The minimum absolute atomic E-state index is 0.202. The summed E-state index contributed by atoms with van der Waals surface area (Å²) in [6.45, 7) is 0.351. The van der Waals surface area contributed by atoms with Gasteiger partial charge in [-0.15, -0.1) is 0 Å². The summed E-state index contributed by atoms with van der Waals surface area (Å²) in [4.78, 5) is 12.5. The Morgan fingerprint density at radius 1 is 1.08 bits per heavy atom. The molecule has 24 heavy (non-hydrogen) atoms. The smallest absolute Gasteiger partial charge is 0.255 e. The number of carbonyl (C=O) groups is 1. The van der Waals surface area contributed by atoms with Gasteiger partial charge in [0.25, 0.3) is 5.91 Å². The molecule has 0 saturated carbocycles. The van der Waals surface area contributed by atoms with Crippen molar-refractivity contribution in [3.8, 4) is 17.2 Å². The monoisotopic (exact) mass is 351 g/mol. The molecule has 0 fully saturated rings. The first kappa shape index (κ1) is 18.1. The molecule has 0 aliphatic heterocycles. The van der Waals surface area contributed by atoms with Crippen molar-refractivity contribution in [2.24, 2.45) is 0 Å². The van der Waals surface area contributed by atoms with E-state index in [-0.39, 0.29) is 12.0 Å². The van der Waals surface area contributed by atoms with E-state index in [1.807, 2.05) is 16.8 Å². The SMILES string of the molecule is COc1ccc(C(=O)NCC(OC)c2ccsc2)c(OC)c1OC. The summed E-state index contributed by atoms with van der Waals surface area (Å²) < 4.78 is 21.3. The molecular weight excluding hydrogens is 330 g/mol. The van der Waals surface area contributed by atoms with Crippen LogP contribution >= 0.6 is 11.3 Å². The van der Waals surface area contributed by atoms with Gasteiger partial charge in [0, 0.05) is 13.7 Å². The van der Waals surface area contributed by atoms with Crippen LogP contribution in [-0.2, 0) is 4.74 Å². The molecule has 1 amide bonds. The van der Waals surface area contributed by atoms with E-state index in [1.54, 1.807) is 30.6 Å². The maximum atomic E-state index is 12.5. The molecule has 0 aliphatic carbocycles. The van der Waals surface area contributed by atoms with Crippen LogP contribution in [0, 0.1) is 0 Å². The third-order valence-electron chi connectivity index (χ3n) is 3.60. The van der Waals surface area contributed by atoms with Gasteiger partial charge < -0.3 is 24.3 Å². The van der Waals surface area contributed by atoms with Gasteiger partial charge in [-0.25, -0.2) is 0 Å². The number of nitrogens with one attached hydrogen (secondary N) is 1. The Morgan fingerprint density at radius 2 is 1.83 bits per heavy atom. The van der Waals surface area contributed by atoms with Crippen LogP contribution in [0.15, 0.2) is 29.0 Å². The van der Waals surface area contributed by atoms with Crippen LogP contribution in [0.1, 0.15) is 22.0 Å². The molecular formula is C17H21NO5S. The van der Waals surface area contributed by atoms with E-state index in [0.29, 0.717) is 29.4 Å². The maximum absolute atomic E-state index is 12.5. The van der Waals surface area contributed by atoms with Crippen molar-refractivity contribution >= 4 is 17.2 Å². The summed E-state index contributed by atoms with van der Waals surface area (Å²) in [7, 11) is 6.13. The van der Waals surface area contributed by atoms with Gasteiger partial charge in [-0.3, -0.25) is 4.79 Å². The van der Waals surface area contributed by atoms with Crippen LogP contribution in [0.5, 0.6) is 17.2 Å². The lowest BCUT2D eigenvalue weighted by molar-refractivity contribution is 0.0826. The van der Waals surface area contributed by atoms with Crippen molar-refractivity contribution in [3.05, 3.63) is 40.1 Å². The molecule has 6 nitrogen and oxygen atoms in total. The summed E-state index contributed by atoms with van der Waals surface area (Å²) in [6.07, 6.45) is -0.202. The number of rotatable bonds is 8. The fraction of sp³-hybridized carbons (Fsp3) is 0.353. The Balaban J connectivity index is 2.17. The van der Waals surface area contributed by atoms with Crippen LogP contribution < -0.4 is 19.5 Å². The van der Waals surface area contributed by atoms with Gasteiger partial charge in [0.05, 0.1) is 26.9 Å². The molecule has 2 rings (SSSR count). The Labute approximate surface area is 145 Å². The topological polar surface area (TPSA) is 66.0 Å². The number of amides is 1. The van der Waals surface area contributed by atoms with Gasteiger partial charge >= 0.3 is 0 Å². The summed E-state index contributed by atoms with van der Waals surface area (Å²) >= 11 is 1.59. The number of ether oxygens (including phenoxy) is 4. The highest BCUT2D eigenvalue weighted by Gasteiger charge is 2.21. The van der Waals surface area contributed by atoms with Crippen LogP contribution in [0.4, 0.5) is 0 Å². The van der Waals surface area contributed by atoms with Crippen molar-refractivity contribution < 1.29 is 23.7 Å². The van der Waals surface area contributed by atoms with Crippen molar-refractivity contribution in [2.75, 3.05) is 35.0 Å². The second kappa shape index (κ2) is 8.56. The second-order valence-corrected chi connectivity index (χ2v) is 5.65. The lowest BCUT2D eigenvalue weighted by atomic mass is 10.1. The molecule has 1 unspecified atom stereocenters. The van der Waals surface area contributed by atoms with Crippen LogP contribution in [-0.4, -0.2) is 40.9 Å². The molecule has 1 aromatic heterocycles. The summed E-state index contributed by atoms with van der Waals surface area (Å²) in [6, 6.07) is 5.28. The van der Waals surface area contributed by atoms with Crippen molar-refractivity contribution in [3.63, 3.8) is 0 Å². The van der Waals surface area contributed by atoms with Crippen LogP contribution in [0.3, 0.4) is 0 Å². The van der Waals surface area contributed by atoms with E-state index < -0.39 is 0 Å². The standard InChI is InChI=1S/C17H21NO5S/c1-20-13-6-5-12(15(22-3)16(13)23-4)17(19)18-9-14(21-2)11-7-8-24-10-11/h5-8,10,14H,9H2,1-4H3,(H,18,19). The zero-order valence-electron chi connectivity index (χ0n) is 14.1. The Kier molecular flexibility index (Phi) is 6.45. The summed E-state index contributed by atoms with van der Waals surface area (Å²) in [5.41, 5.74) is 1.40. The first-order valence-electron chi connectivity index (χ1n) is 7.28. The average molecular weight is 351 g/mol. The zero-order valence-corrected chi connectivity index (χ0v) is 14.9. The average Bonchev–Trinajstić information content (AvgIpc) is 3.14. The molecule has 1 atom stereocenters. The Morgan fingerprint density at radius 3 is 2.38 bits per heavy atom. The number of carbonyl (C=O) groups excluding carboxylic acids is 1. The number of hydrogen-bond acceptors (Lipinski definition) is 6. The van der Waals surface area contributed by atoms with Crippen molar-refractivity contribution in [1.82, 2.24) is 5.32 Å². The van der Waals surface area contributed by atoms with Gasteiger partial charge in [-0.2, -0.15) is 11.3 Å². The maximum Gasteiger partial charge on any atom is 0.255 e. The van der Waals surface area contributed by atoms with E-state index in [4.69, 9.17) is 18.9 Å². The van der Waals surface area contributed by atoms with Gasteiger partial charge in [0.2, 0.25) is 5.75 Å².